The van der Waals surface area contributed by atoms with Crippen LogP contribution in [0, 0.1) is 0 Å². The molecule has 0 saturated carbocycles. The van der Waals surface area contributed by atoms with Crippen molar-refractivity contribution in [2.45, 2.75) is 12.8 Å². The Morgan fingerprint density at radius 1 is 1.35 bits per heavy atom. The molecule has 2 amide bonds. The van der Waals surface area contributed by atoms with Crippen LogP contribution in [-0.2, 0) is 4.79 Å². The first-order valence-electron chi connectivity index (χ1n) is 7.15. The predicted molar refractivity (Wildman–Crippen MR) is 90.5 cm³/mol. The zero-order chi connectivity index (χ0) is 16.4. The van der Waals surface area contributed by atoms with Crippen LogP contribution in [0.5, 0.6) is 0 Å². The van der Waals surface area contributed by atoms with E-state index in [1.54, 1.807) is 41.3 Å². The molecular formula is C16H14BrClN2O3. The van der Waals surface area contributed by atoms with E-state index in [4.69, 9.17) is 16.0 Å². The number of amides is 2. The van der Waals surface area contributed by atoms with Crippen molar-refractivity contribution in [1.82, 2.24) is 4.90 Å². The van der Waals surface area contributed by atoms with Gasteiger partial charge in [0.05, 0.1) is 0 Å². The van der Waals surface area contributed by atoms with E-state index >= 15 is 0 Å². The van der Waals surface area contributed by atoms with Gasteiger partial charge in [0, 0.05) is 23.7 Å². The first-order valence-corrected chi connectivity index (χ1v) is 8.32. The van der Waals surface area contributed by atoms with Crippen LogP contribution in [0.4, 0.5) is 5.69 Å². The molecule has 120 valence electrons. The zero-order valence-electron chi connectivity index (χ0n) is 12.2. The highest BCUT2D eigenvalue weighted by Crippen LogP contribution is 2.24. The van der Waals surface area contributed by atoms with Gasteiger partial charge in [-0.3, -0.25) is 14.5 Å². The van der Waals surface area contributed by atoms with E-state index < -0.39 is 0 Å². The Morgan fingerprint density at radius 3 is 2.78 bits per heavy atom. The Balaban J connectivity index is 1.92. The maximum atomic E-state index is 12.8. The molecule has 3 rings (SSSR count). The maximum absolute atomic E-state index is 12.8. The SMILES string of the molecule is O=C1CCCN1CN(C(=O)c1ccc(Br)o1)c1cccc(Cl)c1. The van der Waals surface area contributed by atoms with Crippen LogP contribution in [0.15, 0.2) is 45.5 Å². The van der Waals surface area contributed by atoms with Gasteiger partial charge in [-0.2, -0.15) is 0 Å². The quantitative estimate of drug-likeness (QED) is 0.785. The summed E-state index contributed by atoms with van der Waals surface area (Å²) < 4.78 is 5.83. The second kappa shape index (κ2) is 6.76. The van der Waals surface area contributed by atoms with Crippen molar-refractivity contribution in [2.75, 3.05) is 18.1 Å². The van der Waals surface area contributed by atoms with E-state index in [1.807, 2.05) is 0 Å². The first kappa shape index (κ1) is 16.1. The molecule has 1 saturated heterocycles. The molecule has 1 aromatic carbocycles. The van der Waals surface area contributed by atoms with Gasteiger partial charge in [0.25, 0.3) is 5.91 Å². The van der Waals surface area contributed by atoms with Crippen molar-refractivity contribution in [3.05, 3.63) is 51.9 Å². The normalized spacial score (nSPS) is 14.3. The Hall–Kier alpha value is -1.79. The Morgan fingerprint density at radius 2 is 2.17 bits per heavy atom. The van der Waals surface area contributed by atoms with Gasteiger partial charge in [-0.15, -0.1) is 0 Å². The highest BCUT2D eigenvalue weighted by molar-refractivity contribution is 9.10. The molecule has 0 aliphatic carbocycles. The summed E-state index contributed by atoms with van der Waals surface area (Å²) in [6.07, 6.45) is 1.33. The van der Waals surface area contributed by atoms with Crippen molar-refractivity contribution in [3.8, 4) is 0 Å². The fraction of sp³-hybridized carbons (Fsp3) is 0.250. The summed E-state index contributed by atoms with van der Waals surface area (Å²) in [5.41, 5.74) is 0.620. The Kier molecular flexibility index (Phi) is 4.73. The van der Waals surface area contributed by atoms with E-state index in [1.165, 1.54) is 4.90 Å². The van der Waals surface area contributed by atoms with Crippen LogP contribution >= 0.6 is 27.5 Å². The molecule has 0 radical (unpaired) electrons. The molecule has 0 N–H and O–H groups in total. The summed E-state index contributed by atoms with van der Waals surface area (Å²) in [7, 11) is 0. The fourth-order valence-electron chi connectivity index (χ4n) is 2.49. The van der Waals surface area contributed by atoms with Gasteiger partial charge in [-0.1, -0.05) is 17.7 Å². The van der Waals surface area contributed by atoms with Crippen molar-refractivity contribution in [3.63, 3.8) is 0 Å². The lowest BCUT2D eigenvalue weighted by Crippen LogP contribution is -2.42. The lowest BCUT2D eigenvalue weighted by atomic mass is 10.2. The lowest BCUT2D eigenvalue weighted by molar-refractivity contribution is -0.127. The summed E-state index contributed by atoms with van der Waals surface area (Å²) in [5.74, 6) is -0.0772. The topological polar surface area (TPSA) is 53.8 Å². The number of benzene rings is 1. The molecule has 2 heterocycles. The van der Waals surface area contributed by atoms with E-state index in [0.717, 1.165) is 6.42 Å². The average molecular weight is 398 g/mol. The number of likely N-dealkylation sites (tertiary alicyclic amines) is 1. The van der Waals surface area contributed by atoms with Crippen LogP contribution < -0.4 is 4.90 Å². The van der Waals surface area contributed by atoms with E-state index in [-0.39, 0.29) is 24.2 Å². The second-order valence-electron chi connectivity index (χ2n) is 5.22. The standard InChI is InChI=1S/C16H14BrClN2O3/c17-14-7-6-13(23-14)16(22)20(10-19-8-2-5-15(19)21)12-4-1-3-11(18)9-12/h1,3-4,6-7,9H,2,5,8,10H2. The number of hydrogen-bond donors (Lipinski definition) is 0. The zero-order valence-corrected chi connectivity index (χ0v) is 14.5. The second-order valence-corrected chi connectivity index (χ2v) is 6.44. The lowest BCUT2D eigenvalue weighted by Gasteiger charge is -2.27. The number of nitrogens with zero attached hydrogens (tertiary/aromatic N) is 2. The highest BCUT2D eigenvalue weighted by Gasteiger charge is 2.27. The average Bonchev–Trinajstić information content (AvgIpc) is 3.13. The number of hydrogen-bond acceptors (Lipinski definition) is 3. The summed E-state index contributed by atoms with van der Waals surface area (Å²) in [5, 5.41) is 0.522. The number of halogens is 2. The van der Waals surface area contributed by atoms with Crippen molar-refractivity contribution < 1.29 is 14.0 Å². The largest absolute Gasteiger partial charge is 0.444 e. The maximum Gasteiger partial charge on any atom is 0.295 e. The third kappa shape index (κ3) is 3.59. The molecule has 23 heavy (non-hydrogen) atoms. The summed E-state index contributed by atoms with van der Waals surface area (Å²) in [4.78, 5) is 27.9. The minimum Gasteiger partial charge on any atom is -0.444 e. The van der Waals surface area contributed by atoms with E-state index in [0.29, 0.717) is 28.3 Å². The number of carbonyl (C=O) groups is 2. The molecule has 0 spiro atoms. The molecule has 7 heteroatoms. The van der Waals surface area contributed by atoms with Gasteiger partial charge in [0.1, 0.15) is 6.67 Å². The highest BCUT2D eigenvalue weighted by atomic mass is 79.9. The number of rotatable bonds is 4. The molecule has 1 aliphatic heterocycles. The van der Waals surface area contributed by atoms with E-state index in [2.05, 4.69) is 15.9 Å². The van der Waals surface area contributed by atoms with Crippen molar-refractivity contribution in [1.29, 1.82) is 0 Å². The summed E-state index contributed by atoms with van der Waals surface area (Å²) in [6.45, 7) is 0.821. The van der Waals surface area contributed by atoms with Crippen LogP contribution in [-0.4, -0.2) is 29.9 Å². The molecule has 1 aromatic heterocycles. The molecule has 1 aliphatic rings. The molecule has 0 bridgehead atoms. The molecule has 0 unspecified atom stereocenters. The van der Waals surface area contributed by atoms with Gasteiger partial charge in [0.15, 0.2) is 10.4 Å². The minimum absolute atomic E-state index is 0.0467. The van der Waals surface area contributed by atoms with Gasteiger partial charge in [-0.05, 0) is 52.7 Å². The summed E-state index contributed by atoms with van der Waals surface area (Å²) in [6, 6.07) is 10.2. The van der Waals surface area contributed by atoms with Crippen LogP contribution in [0.1, 0.15) is 23.4 Å². The smallest absolute Gasteiger partial charge is 0.295 e. The van der Waals surface area contributed by atoms with Crippen molar-refractivity contribution >= 4 is 45.0 Å². The molecule has 1 fully saturated rings. The van der Waals surface area contributed by atoms with Crippen molar-refractivity contribution in [2.24, 2.45) is 0 Å². The summed E-state index contributed by atoms with van der Waals surface area (Å²) >= 11 is 9.23. The molecular weight excluding hydrogens is 384 g/mol. The van der Waals surface area contributed by atoms with Gasteiger partial charge < -0.3 is 9.32 Å². The molecule has 2 aromatic rings. The first-order chi connectivity index (χ1) is 11.0. The van der Waals surface area contributed by atoms with Gasteiger partial charge >= 0.3 is 0 Å². The van der Waals surface area contributed by atoms with E-state index in [9.17, 15) is 9.59 Å². The molecule has 0 atom stereocenters. The molecule has 5 nitrogen and oxygen atoms in total. The fourth-order valence-corrected chi connectivity index (χ4v) is 2.98. The number of furan rings is 1. The van der Waals surface area contributed by atoms with Crippen LogP contribution in [0.2, 0.25) is 5.02 Å². The Bertz CT molecular complexity index is 746. The minimum atomic E-state index is -0.322. The monoisotopic (exact) mass is 396 g/mol. The Labute approximate surface area is 146 Å². The third-order valence-electron chi connectivity index (χ3n) is 3.63. The third-order valence-corrected chi connectivity index (χ3v) is 4.29. The number of anilines is 1. The van der Waals surface area contributed by atoms with Crippen LogP contribution in [0.25, 0.3) is 0 Å². The van der Waals surface area contributed by atoms with Gasteiger partial charge in [0.2, 0.25) is 5.91 Å². The number of carbonyl (C=O) groups excluding carboxylic acids is 2. The predicted octanol–water partition coefficient (Wildman–Crippen LogP) is 3.92. The van der Waals surface area contributed by atoms with Gasteiger partial charge in [-0.25, -0.2) is 0 Å². The van der Waals surface area contributed by atoms with Crippen LogP contribution in [0.3, 0.4) is 0 Å².